The van der Waals surface area contributed by atoms with Gasteiger partial charge in [0.05, 0.1) is 12.0 Å². The van der Waals surface area contributed by atoms with Crippen molar-refractivity contribution in [2.75, 3.05) is 7.11 Å². The minimum atomic E-state index is -0.442. The van der Waals surface area contributed by atoms with Crippen molar-refractivity contribution in [3.05, 3.63) is 69.3 Å². The van der Waals surface area contributed by atoms with Crippen molar-refractivity contribution in [3.8, 4) is 5.75 Å². The maximum absolute atomic E-state index is 11.0. The largest absolute Gasteiger partial charge is 0.490 e. The van der Waals surface area contributed by atoms with Crippen molar-refractivity contribution < 1.29 is 9.66 Å². The van der Waals surface area contributed by atoms with E-state index >= 15 is 0 Å². The van der Waals surface area contributed by atoms with Gasteiger partial charge in [-0.25, -0.2) is 0 Å². The summed E-state index contributed by atoms with van der Waals surface area (Å²) < 4.78 is 4.97. The van der Waals surface area contributed by atoms with Crippen LogP contribution in [-0.4, -0.2) is 12.0 Å². The molecule has 4 heteroatoms. The molecule has 0 radical (unpaired) electrons. The smallest absolute Gasteiger partial charge is 0.311 e. The SMILES string of the molecule is COc1ccc(/C=C/c2cccc(C)c2)cc1[N+](=O)[O-]. The van der Waals surface area contributed by atoms with Gasteiger partial charge in [-0.05, 0) is 24.1 Å². The van der Waals surface area contributed by atoms with Crippen molar-refractivity contribution in [1.29, 1.82) is 0 Å². The van der Waals surface area contributed by atoms with Crippen molar-refractivity contribution in [3.63, 3.8) is 0 Å². The van der Waals surface area contributed by atoms with Gasteiger partial charge in [-0.15, -0.1) is 0 Å². The third kappa shape index (κ3) is 3.23. The van der Waals surface area contributed by atoms with Gasteiger partial charge in [-0.1, -0.05) is 48.0 Å². The van der Waals surface area contributed by atoms with E-state index in [9.17, 15) is 10.1 Å². The molecule has 0 saturated carbocycles. The quantitative estimate of drug-likeness (QED) is 0.477. The van der Waals surface area contributed by atoms with Gasteiger partial charge in [0.15, 0.2) is 5.75 Å². The van der Waals surface area contributed by atoms with Crippen LogP contribution >= 0.6 is 0 Å². The Hall–Kier alpha value is -2.62. The molecule has 20 heavy (non-hydrogen) atoms. The molecule has 2 rings (SSSR count). The maximum atomic E-state index is 11.0. The molecule has 0 aliphatic heterocycles. The predicted molar refractivity (Wildman–Crippen MR) is 79.8 cm³/mol. The molecule has 0 bridgehead atoms. The summed E-state index contributed by atoms with van der Waals surface area (Å²) in [5.41, 5.74) is 2.97. The lowest BCUT2D eigenvalue weighted by Gasteiger charge is -2.02. The zero-order chi connectivity index (χ0) is 14.5. The lowest BCUT2D eigenvalue weighted by Crippen LogP contribution is -1.93. The van der Waals surface area contributed by atoms with Gasteiger partial charge in [0.25, 0.3) is 0 Å². The molecule has 0 heterocycles. The van der Waals surface area contributed by atoms with E-state index < -0.39 is 4.92 Å². The van der Waals surface area contributed by atoms with E-state index in [4.69, 9.17) is 4.74 Å². The van der Waals surface area contributed by atoms with Gasteiger partial charge in [-0.2, -0.15) is 0 Å². The Labute approximate surface area is 117 Å². The van der Waals surface area contributed by atoms with Gasteiger partial charge >= 0.3 is 5.69 Å². The standard InChI is InChI=1S/C16H15NO3/c1-12-4-3-5-13(10-12)6-7-14-8-9-16(20-2)15(11-14)17(18)19/h3-11H,1-2H3/b7-6+. The summed E-state index contributed by atoms with van der Waals surface area (Å²) >= 11 is 0. The molecule has 4 nitrogen and oxygen atoms in total. The molecular formula is C16H15NO3. The summed E-state index contributed by atoms with van der Waals surface area (Å²) in [7, 11) is 1.42. The van der Waals surface area contributed by atoms with E-state index in [2.05, 4.69) is 6.07 Å². The van der Waals surface area contributed by atoms with Crippen LogP contribution in [0.1, 0.15) is 16.7 Å². The van der Waals surface area contributed by atoms with Crippen molar-refractivity contribution in [2.45, 2.75) is 6.92 Å². The van der Waals surface area contributed by atoms with Gasteiger partial charge in [-0.3, -0.25) is 10.1 Å². The first-order valence-corrected chi connectivity index (χ1v) is 6.17. The maximum Gasteiger partial charge on any atom is 0.311 e. The number of hydrogen-bond acceptors (Lipinski definition) is 3. The van der Waals surface area contributed by atoms with Crippen LogP contribution in [-0.2, 0) is 0 Å². The second-order valence-electron chi connectivity index (χ2n) is 4.44. The Bertz CT molecular complexity index is 663. The average Bonchev–Trinajstić information content (AvgIpc) is 2.45. The molecule has 0 aliphatic rings. The van der Waals surface area contributed by atoms with E-state index in [1.54, 1.807) is 12.1 Å². The lowest BCUT2D eigenvalue weighted by molar-refractivity contribution is -0.385. The highest BCUT2D eigenvalue weighted by molar-refractivity contribution is 5.71. The third-order valence-electron chi connectivity index (χ3n) is 2.91. The second kappa shape index (κ2) is 6.02. The van der Waals surface area contributed by atoms with Crippen LogP contribution < -0.4 is 4.74 Å². The van der Waals surface area contributed by atoms with Crippen LogP contribution in [0.5, 0.6) is 5.75 Å². The number of nitro groups is 1. The monoisotopic (exact) mass is 269 g/mol. The number of nitrogens with zero attached hydrogens (tertiary/aromatic N) is 1. The molecule has 102 valence electrons. The molecule has 0 N–H and O–H groups in total. The van der Waals surface area contributed by atoms with Crippen LogP contribution in [0.15, 0.2) is 42.5 Å². The lowest BCUT2D eigenvalue weighted by atomic mass is 10.1. The number of rotatable bonds is 4. The summed E-state index contributed by atoms with van der Waals surface area (Å²) in [5.74, 6) is 0.266. The number of benzene rings is 2. The van der Waals surface area contributed by atoms with Gasteiger partial charge in [0.1, 0.15) is 0 Å². The fourth-order valence-electron chi connectivity index (χ4n) is 1.92. The fourth-order valence-corrected chi connectivity index (χ4v) is 1.92. The molecule has 2 aromatic rings. The summed E-state index contributed by atoms with van der Waals surface area (Å²) in [4.78, 5) is 10.5. The van der Waals surface area contributed by atoms with E-state index in [1.807, 2.05) is 37.3 Å². The van der Waals surface area contributed by atoms with Crippen LogP contribution in [0.3, 0.4) is 0 Å². The minimum absolute atomic E-state index is 0.0288. The third-order valence-corrected chi connectivity index (χ3v) is 2.91. The molecular weight excluding hydrogens is 254 g/mol. The normalized spacial score (nSPS) is 10.7. The van der Waals surface area contributed by atoms with Crippen LogP contribution in [0.25, 0.3) is 12.2 Å². The van der Waals surface area contributed by atoms with Crippen LogP contribution in [0.2, 0.25) is 0 Å². The Morgan fingerprint density at radius 1 is 1.10 bits per heavy atom. The van der Waals surface area contributed by atoms with Crippen molar-refractivity contribution in [2.24, 2.45) is 0 Å². The summed E-state index contributed by atoms with van der Waals surface area (Å²) in [6, 6.07) is 12.9. The number of methoxy groups -OCH3 is 1. The fraction of sp³-hybridized carbons (Fsp3) is 0.125. The molecule has 0 saturated heterocycles. The Morgan fingerprint density at radius 2 is 1.80 bits per heavy atom. The van der Waals surface area contributed by atoms with Crippen molar-refractivity contribution >= 4 is 17.8 Å². The van der Waals surface area contributed by atoms with Gasteiger partial charge in [0.2, 0.25) is 0 Å². The highest BCUT2D eigenvalue weighted by atomic mass is 16.6. The topological polar surface area (TPSA) is 52.4 Å². The Kier molecular flexibility index (Phi) is 4.15. The van der Waals surface area contributed by atoms with Crippen LogP contribution in [0.4, 0.5) is 5.69 Å². The molecule has 0 unspecified atom stereocenters. The number of nitro benzene ring substituents is 1. The van der Waals surface area contributed by atoms with Crippen LogP contribution in [0, 0.1) is 17.0 Å². The van der Waals surface area contributed by atoms with Crippen molar-refractivity contribution in [1.82, 2.24) is 0 Å². The highest BCUT2D eigenvalue weighted by Crippen LogP contribution is 2.28. The molecule has 0 aromatic heterocycles. The zero-order valence-electron chi connectivity index (χ0n) is 11.4. The molecule has 0 spiro atoms. The summed E-state index contributed by atoms with van der Waals surface area (Å²) in [6.45, 7) is 2.02. The van der Waals surface area contributed by atoms with E-state index in [0.29, 0.717) is 0 Å². The first-order chi connectivity index (χ1) is 9.60. The zero-order valence-corrected chi connectivity index (χ0v) is 11.4. The molecule has 2 aromatic carbocycles. The highest BCUT2D eigenvalue weighted by Gasteiger charge is 2.13. The second-order valence-corrected chi connectivity index (χ2v) is 4.44. The van der Waals surface area contributed by atoms with Gasteiger partial charge < -0.3 is 4.74 Å². The molecule has 0 fully saturated rings. The Balaban J connectivity index is 2.30. The summed E-state index contributed by atoms with van der Waals surface area (Å²) in [5, 5.41) is 11.0. The Morgan fingerprint density at radius 3 is 2.40 bits per heavy atom. The first kappa shape index (κ1) is 13.8. The minimum Gasteiger partial charge on any atom is -0.490 e. The number of hydrogen-bond donors (Lipinski definition) is 0. The summed E-state index contributed by atoms with van der Waals surface area (Å²) in [6.07, 6.45) is 3.78. The number of ether oxygens (including phenoxy) is 1. The predicted octanol–water partition coefficient (Wildman–Crippen LogP) is 4.08. The van der Waals surface area contributed by atoms with E-state index in [0.717, 1.165) is 11.1 Å². The van der Waals surface area contributed by atoms with E-state index in [1.165, 1.54) is 18.7 Å². The molecule has 0 amide bonds. The molecule has 0 aliphatic carbocycles. The number of aryl methyl sites for hydroxylation is 1. The molecule has 0 atom stereocenters. The van der Waals surface area contributed by atoms with Gasteiger partial charge in [0, 0.05) is 6.07 Å². The average molecular weight is 269 g/mol. The first-order valence-electron chi connectivity index (χ1n) is 6.17. The van der Waals surface area contributed by atoms with E-state index in [-0.39, 0.29) is 11.4 Å².